The summed E-state index contributed by atoms with van der Waals surface area (Å²) in [7, 11) is 0. The number of nitrogens with two attached hydrogens (primary N) is 1. The Labute approximate surface area is 153 Å². The Morgan fingerprint density at radius 3 is 2.85 bits per heavy atom. The van der Waals surface area contributed by atoms with E-state index in [1.807, 2.05) is 17.5 Å². The van der Waals surface area contributed by atoms with Gasteiger partial charge in [-0.3, -0.25) is 14.9 Å². The SMILES string of the molecule is Cc1cc2c(cc1[N+](=O)[O-])N(C(=O)C[C@H](NC(N)=O)c1cccs1)CC2. The van der Waals surface area contributed by atoms with Crippen LogP contribution in [0.15, 0.2) is 29.6 Å². The minimum Gasteiger partial charge on any atom is -0.352 e. The Hall–Kier alpha value is -2.94. The molecule has 1 aliphatic rings. The molecule has 26 heavy (non-hydrogen) atoms. The molecule has 1 aromatic carbocycles. The van der Waals surface area contributed by atoms with Crippen molar-refractivity contribution >= 4 is 34.6 Å². The monoisotopic (exact) mass is 374 g/mol. The van der Waals surface area contributed by atoms with Gasteiger partial charge in [0.1, 0.15) is 0 Å². The van der Waals surface area contributed by atoms with Crippen LogP contribution in [0.2, 0.25) is 0 Å². The van der Waals surface area contributed by atoms with Crippen molar-refractivity contribution in [3.05, 3.63) is 55.8 Å². The molecule has 1 atom stereocenters. The first-order valence-corrected chi connectivity index (χ1v) is 8.92. The standard InChI is InChI=1S/C17H18N4O4S/c1-10-7-11-4-5-20(14(11)9-13(10)21(24)25)16(22)8-12(19-17(18)23)15-3-2-6-26-15/h2-3,6-7,9,12H,4-5,8H2,1H3,(H3,18,19,23)/t12-/m0/s1. The molecule has 3 rings (SSSR count). The van der Waals surface area contributed by atoms with Crippen LogP contribution in [0, 0.1) is 17.0 Å². The molecule has 1 aromatic heterocycles. The van der Waals surface area contributed by atoms with Crippen molar-refractivity contribution in [2.75, 3.05) is 11.4 Å². The summed E-state index contributed by atoms with van der Waals surface area (Å²) in [5.41, 5.74) is 7.28. The highest BCUT2D eigenvalue weighted by Crippen LogP contribution is 2.35. The van der Waals surface area contributed by atoms with Crippen LogP contribution >= 0.6 is 11.3 Å². The molecule has 2 aromatic rings. The third-order valence-electron chi connectivity index (χ3n) is 4.37. The van der Waals surface area contributed by atoms with E-state index in [1.54, 1.807) is 17.9 Å². The lowest BCUT2D eigenvalue weighted by atomic mass is 10.1. The van der Waals surface area contributed by atoms with Gasteiger partial charge in [0.2, 0.25) is 5.91 Å². The van der Waals surface area contributed by atoms with Gasteiger partial charge in [0, 0.05) is 23.1 Å². The number of nitrogens with zero attached hydrogens (tertiary/aromatic N) is 2. The Kier molecular flexibility index (Phi) is 4.90. The highest BCUT2D eigenvalue weighted by Gasteiger charge is 2.30. The average molecular weight is 374 g/mol. The van der Waals surface area contributed by atoms with Gasteiger partial charge in [-0.25, -0.2) is 4.79 Å². The Morgan fingerprint density at radius 1 is 1.46 bits per heavy atom. The first-order valence-electron chi connectivity index (χ1n) is 8.04. The number of hydrogen-bond donors (Lipinski definition) is 2. The Bertz CT molecular complexity index is 866. The van der Waals surface area contributed by atoms with Gasteiger partial charge in [0.05, 0.1) is 23.1 Å². The van der Waals surface area contributed by atoms with Crippen molar-refractivity contribution in [2.45, 2.75) is 25.8 Å². The summed E-state index contributed by atoms with van der Waals surface area (Å²) < 4.78 is 0. The number of anilines is 1. The summed E-state index contributed by atoms with van der Waals surface area (Å²) in [5, 5.41) is 15.6. The molecule has 0 unspecified atom stereocenters. The number of carbonyl (C=O) groups excluding carboxylic acids is 2. The number of rotatable bonds is 5. The number of carbonyl (C=O) groups is 2. The molecule has 0 spiro atoms. The van der Waals surface area contributed by atoms with E-state index in [9.17, 15) is 19.7 Å². The van der Waals surface area contributed by atoms with E-state index < -0.39 is 17.0 Å². The van der Waals surface area contributed by atoms with Crippen LogP contribution in [-0.2, 0) is 11.2 Å². The number of primary amides is 1. The largest absolute Gasteiger partial charge is 0.352 e. The summed E-state index contributed by atoms with van der Waals surface area (Å²) in [6.45, 7) is 2.15. The number of urea groups is 1. The van der Waals surface area contributed by atoms with Gasteiger partial charge in [-0.15, -0.1) is 11.3 Å². The number of fused-ring (bicyclic) bond motifs is 1. The number of nitrogens with one attached hydrogen (secondary N) is 1. The fraction of sp³-hybridized carbons (Fsp3) is 0.294. The van der Waals surface area contributed by atoms with E-state index >= 15 is 0 Å². The molecule has 3 N–H and O–H groups in total. The molecule has 0 saturated heterocycles. The summed E-state index contributed by atoms with van der Waals surface area (Å²) in [4.78, 5) is 37.2. The molecule has 0 aliphatic carbocycles. The van der Waals surface area contributed by atoms with Gasteiger partial charge >= 0.3 is 6.03 Å². The van der Waals surface area contributed by atoms with Crippen molar-refractivity contribution < 1.29 is 14.5 Å². The maximum atomic E-state index is 12.8. The van der Waals surface area contributed by atoms with E-state index in [0.717, 1.165) is 10.4 Å². The fourth-order valence-electron chi connectivity index (χ4n) is 3.17. The van der Waals surface area contributed by atoms with Crippen LogP contribution in [0.3, 0.4) is 0 Å². The lowest BCUT2D eigenvalue weighted by molar-refractivity contribution is -0.385. The second kappa shape index (κ2) is 7.12. The van der Waals surface area contributed by atoms with E-state index in [1.165, 1.54) is 17.4 Å². The van der Waals surface area contributed by atoms with Crippen molar-refractivity contribution in [1.82, 2.24) is 5.32 Å². The zero-order valence-electron chi connectivity index (χ0n) is 14.1. The first kappa shape index (κ1) is 17.9. The maximum absolute atomic E-state index is 12.8. The number of hydrogen-bond acceptors (Lipinski definition) is 5. The van der Waals surface area contributed by atoms with Crippen LogP contribution in [0.25, 0.3) is 0 Å². The number of thiophene rings is 1. The highest BCUT2D eigenvalue weighted by atomic mass is 32.1. The van der Waals surface area contributed by atoms with E-state index in [-0.39, 0.29) is 18.0 Å². The molecule has 0 radical (unpaired) electrons. The molecule has 3 amide bonds. The molecular weight excluding hydrogens is 356 g/mol. The van der Waals surface area contributed by atoms with Gasteiger partial charge in [0.15, 0.2) is 0 Å². The summed E-state index contributed by atoms with van der Waals surface area (Å²) >= 11 is 1.42. The Morgan fingerprint density at radius 2 is 2.23 bits per heavy atom. The number of nitro groups is 1. The predicted molar refractivity (Wildman–Crippen MR) is 98.3 cm³/mol. The van der Waals surface area contributed by atoms with Crippen molar-refractivity contribution in [3.8, 4) is 0 Å². The van der Waals surface area contributed by atoms with Gasteiger partial charge in [-0.1, -0.05) is 6.07 Å². The lowest BCUT2D eigenvalue weighted by Gasteiger charge is -2.21. The smallest absolute Gasteiger partial charge is 0.312 e. The van der Waals surface area contributed by atoms with E-state index in [2.05, 4.69) is 5.32 Å². The normalized spacial score (nSPS) is 14.0. The van der Waals surface area contributed by atoms with Crippen molar-refractivity contribution in [2.24, 2.45) is 5.73 Å². The molecular formula is C17H18N4O4S. The summed E-state index contributed by atoms with van der Waals surface area (Å²) in [6, 6.07) is 5.65. The minimum atomic E-state index is -0.704. The number of nitro benzene ring substituents is 1. The number of aryl methyl sites for hydroxylation is 1. The third-order valence-corrected chi connectivity index (χ3v) is 5.36. The molecule has 0 fully saturated rings. The van der Waals surface area contributed by atoms with E-state index in [0.29, 0.717) is 24.2 Å². The predicted octanol–water partition coefficient (Wildman–Crippen LogP) is 2.65. The second-order valence-corrected chi connectivity index (χ2v) is 7.08. The quantitative estimate of drug-likeness (QED) is 0.617. The third kappa shape index (κ3) is 3.52. The van der Waals surface area contributed by atoms with Crippen molar-refractivity contribution in [1.29, 1.82) is 0 Å². The maximum Gasteiger partial charge on any atom is 0.312 e. The number of benzene rings is 1. The average Bonchev–Trinajstić information content (AvgIpc) is 3.22. The molecule has 0 bridgehead atoms. The fourth-order valence-corrected chi connectivity index (χ4v) is 3.95. The van der Waals surface area contributed by atoms with Gasteiger partial charge in [0.25, 0.3) is 5.69 Å². The second-order valence-electron chi connectivity index (χ2n) is 6.10. The summed E-state index contributed by atoms with van der Waals surface area (Å²) in [5.74, 6) is -0.214. The minimum absolute atomic E-state index is 0.00600. The van der Waals surface area contributed by atoms with Gasteiger partial charge in [-0.05, 0) is 36.4 Å². The first-order chi connectivity index (χ1) is 12.4. The highest BCUT2D eigenvalue weighted by molar-refractivity contribution is 7.10. The van der Waals surface area contributed by atoms with Crippen molar-refractivity contribution in [3.63, 3.8) is 0 Å². The molecule has 2 heterocycles. The molecule has 9 heteroatoms. The van der Waals surface area contributed by atoms with E-state index in [4.69, 9.17) is 5.73 Å². The number of amides is 3. The van der Waals surface area contributed by atoms with Gasteiger partial charge in [-0.2, -0.15) is 0 Å². The van der Waals surface area contributed by atoms with Gasteiger partial charge < -0.3 is 16.0 Å². The van der Waals surface area contributed by atoms with Crippen LogP contribution in [-0.4, -0.2) is 23.4 Å². The van der Waals surface area contributed by atoms with Crippen LogP contribution < -0.4 is 16.0 Å². The zero-order valence-corrected chi connectivity index (χ0v) is 14.9. The summed E-state index contributed by atoms with van der Waals surface area (Å²) in [6.07, 6.45) is 0.678. The molecule has 136 valence electrons. The molecule has 8 nitrogen and oxygen atoms in total. The topological polar surface area (TPSA) is 119 Å². The van der Waals surface area contributed by atoms with Crippen LogP contribution in [0.4, 0.5) is 16.2 Å². The van der Waals surface area contributed by atoms with Crippen LogP contribution in [0.5, 0.6) is 0 Å². The molecule has 0 saturated carbocycles. The Balaban J connectivity index is 1.84. The zero-order chi connectivity index (χ0) is 18.8. The van der Waals surface area contributed by atoms with Crippen LogP contribution in [0.1, 0.15) is 28.5 Å². The molecule has 1 aliphatic heterocycles. The lowest BCUT2D eigenvalue weighted by Crippen LogP contribution is -2.37.